The summed E-state index contributed by atoms with van der Waals surface area (Å²) in [7, 11) is -0.331. The van der Waals surface area contributed by atoms with Crippen molar-refractivity contribution in [3.63, 3.8) is 0 Å². The summed E-state index contributed by atoms with van der Waals surface area (Å²) < 4.78 is 21.7. The summed E-state index contributed by atoms with van der Waals surface area (Å²) in [5, 5.41) is 0. The first-order valence-electron chi connectivity index (χ1n) is 7.27. The van der Waals surface area contributed by atoms with Crippen LogP contribution in [0.2, 0.25) is 0 Å². The molecule has 0 atom stereocenters. The predicted molar refractivity (Wildman–Crippen MR) is 80.8 cm³/mol. The summed E-state index contributed by atoms with van der Waals surface area (Å²) in [5.41, 5.74) is 4.21. The van der Waals surface area contributed by atoms with Crippen LogP contribution in [0.5, 0.6) is 0 Å². The first-order chi connectivity index (χ1) is 9.74. The Labute approximate surface area is 127 Å². The molecule has 21 heavy (non-hydrogen) atoms. The standard InChI is InChI=1S/C14H26BNO5/c1-13(2)14(3,4)21-15(20-13)8-7-10-18-9-5-6-11-19-12(16)17/h7-8H,5-6,9-11H2,1-4H3,(H2,16,17). The first-order valence-corrected chi connectivity index (χ1v) is 7.27. The van der Waals surface area contributed by atoms with Gasteiger partial charge < -0.3 is 24.5 Å². The number of carbonyl (C=O) groups excluding carboxylic acids is 1. The molecular formula is C14H26BNO5. The van der Waals surface area contributed by atoms with E-state index >= 15 is 0 Å². The Balaban J connectivity index is 2.07. The zero-order valence-electron chi connectivity index (χ0n) is 13.4. The van der Waals surface area contributed by atoms with Crippen LogP contribution >= 0.6 is 0 Å². The van der Waals surface area contributed by atoms with E-state index in [1.54, 1.807) is 0 Å². The van der Waals surface area contributed by atoms with E-state index in [0.29, 0.717) is 19.8 Å². The second-order valence-electron chi connectivity index (χ2n) is 6.00. The largest absolute Gasteiger partial charge is 0.486 e. The zero-order chi connectivity index (χ0) is 15.9. The van der Waals surface area contributed by atoms with Gasteiger partial charge in [0, 0.05) is 6.61 Å². The molecule has 1 aliphatic heterocycles. The lowest BCUT2D eigenvalue weighted by atomic mass is 9.90. The molecule has 0 aromatic rings. The fourth-order valence-electron chi connectivity index (χ4n) is 1.76. The number of carbonyl (C=O) groups is 1. The van der Waals surface area contributed by atoms with E-state index < -0.39 is 6.09 Å². The Kier molecular flexibility index (Phi) is 6.70. The van der Waals surface area contributed by atoms with Crippen LogP contribution < -0.4 is 5.73 Å². The van der Waals surface area contributed by atoms with Crippen molar-refractivity contribution in [2.24, 2.45) is 5.73 Å². The van der Waals surface area contributed by atoms with E-state index in [0.717, 1.165) is 12.8 Å². The van der Waals surface area contributed by atoms with Gasteiger partial charge in [-0.15, -0.1) is 0 Å². The Hall–Kier alpha value is -1.05. The van der Waals surface area contributed by atoms with Gasteiger partial charge in [-0.2, -0.15) is 0 Å². The van der Waals surface area contributed by atoms with Crippen molar-refractivity contribution in [1.82, 2.24) is 0 Å². The molecule has 0 unspecified atom stereocenters. The molecule has 0 aliphatic carbocycles. The van der Waals surface area contributed by atoms with Gasteiger partial charge in [0.15, 0.2) is 0 Å². The first kappa shape index (κ1) is 18.0. The number of amides is 1. The van der Waals surface area contributed by atoms with Crippen LogP contribution in [0.25, 0.3) is 0 Å². The van der Waals surface area contributed by atoms with Crippen LogP contribution in [0.4, 0.5) is 4.79 Å². The molecule has 1 rings (SSSR count). The number of primary amides is 1. The van der Waals surface area contributed by atoms with Crippen LogP contribution in [0.1, 0.15) is 40.5 Å². The molecule has 0 spiro atoms. The summed E-state index contributed by atoms with van der Waals surface area (Å²) in [6.45, 7) is 9.52. The highest BCUT2D eigenvalue weighted by atomic mass is 16.7. The molecule has 0 aromatic heterocycles. The highest BCUT2D eigenvalue weighted by molar-refractivity contribution is 6.51. The van der Waals surface area contributed by atoms with Gasteiger partial charge >= 0.3 is 13.2 Å². The third kappa shape index (κ3) is 6.07. The summed E-state index contributed by atoms with van der Waals surface area (Å²) in [6, 6.07) is 0. The van der Waals surface area contributed by atoms with E-state index in [2.05, 4.69) is 4.74 Å². The van der Waals surface area contributed by atoms with Crippen molar-refractivity contribution in [2.45, 2.75) is 51.7 Å². The molecule has 0 aromatic carbocycles. The minimum atomic E-state index is -0.735. The van der Waals surface area contributed by atoms with Gasteiger partial charge in [-0.3, -0.25) is 0 Å². The summed E-state index contributed by atoms with van der Waals surface area (Å²) in [6.07, 6.45) is 2.71. The predicted octanol–water partition coefficient (Wildman–Crippen LogP) is 2.07. The van der Waals surface area contributed by atoms with Gasteiger partial charge in [0.25, 0.3) is 0 Å². The van der Waals surface area contributed by atoms with Gasteiger partial charge in [0.2, 0.25) is 0 Å². The van der Waals surface area contributed by atoms with Gasteiger partial charge in [0.1, 0.15) is 0 Å². The minimum Gasteiger partial charge on any atom is -0.450 e. The van der Waals surface area contributed by atoms with Gasteiger partial charge in [-0.05, 0) is 40.5 Å². The molecule has 0 bridgehead atoms. The number of nitrogens with two attached hydrogens (primary N) is 1. The van der Waals surface area contributed by atoms with E-state index in [1.807, 2.05) is 39.7 Å². The SMILES string of the molecule is CC1(C)OB(C=CCOCCCCOC(N)=O)OC1(C)C. The fraction of sp³-hybridized carbons (Fsp3) is 0.786. The van der Waals surface area contributed by atoms with Crippen LogP contribution in [0.3, 0.4) is 0 Å². The summed E-state index contributed by atoms with van der Waals surface area (Å²) in [5.74, 6) is 1.87. The third-order valence-corrected chi connectivity index (χ3v) is 3.71. The lowest BCUT2D eigenvalue weighted by Gasteiger charge is -2.32. The van der Waals surface area contributed by atoms with Crippen LogP contribution in [0, 0.1) is 0 Å². The Bertz CT molecular complexity index is 354. The van der Waals surface area contributed by atoms with Gasteiger partial charge in [-0.25, -0.2) is 4.79 Å². The molecule has 7 heteroatoms. The fourth-order valence-corrected chi connectivity index (χ4v) is 1.76. The highest BCUT2D eigenvalue weighted by Gasteiger charge is 2.49. The Morgan fingerprint density at radius 2 is 1.71 bits per heavy atom. The van der Waals surface area contributed by atoms with Crippen molar-refractivity contribution < 1.29 is 23.6 Å². The maximum atomic E-state index is 10.3. The van der Waals surface area contributed by atoms with Crippen LogP contribution in [-0.4, -0.2) is 44.2 Å². The molecule has 1 aliphatic rings. The van der Waals surface area contributed by atoms with Crippen molar-refractivity contribution in [2.75, 3.05) is 19.8 Å². The van der Waals surface area contributed by atoms with Gasteiger partial charge in [-0.1, -0.05) is 12.1 Å². The number of hydrogen-bond donors (Lipinski definition) is 1. The van der Waals surface area contributed by atoms with Crippen LogP contribution in [0.15, 0.2) is 12.1 Å². The van der Waals surface area contributed by atoms with Crippen molar-refractivity contribution in [3.05, 3.63) is 12.1 Å². The Morgan fingerprint density at radius 3 is 2.29 bits per heavy atom. The van der Waals surface area contributed by atoms with Gasteiger partial charge in [0.05, 0.1) is 24.4 Å². The maximum Gasteiger partial charge on any atom is 0.486 e. The summed E-state index contributed by atoms with van der Waals surface area (Å²) >= 11 is 0. The van der Waals surface area contributed by atoms with E-state index in [-0.39, 0.29) is 18.3 Å². The molecule has 0 saturated carbocycles. The number of rotatable bonds is 8. The maximum absolute atomic E-state index is 10.3. The molecule has 120 valence electrons. The van der Waals surface area contributed by atoms with Crippen molar-refractivity contribution in [1.29, 1.82) is 0 Å². The summed E-state index contributed by atoms with van der Waals surface area (Å²) in [4.78, 5) is 10.3. The number of hydrogen-bond acceptors (Lipinski definition) is 5. The Morgan fingerprint density at radius 1 is 1.14 bits per heavy atom. The lowest BCUT2D eigenvalue weighted by molar-refractivity contribution is 0.00578. The normalized spacial score (nSPS) is 20.1. The molecule has 1 fully saturated rings. The molecule has 0 radical (unpaired) electrons. The second kappa shape index (κ2) is 7.82. The molecule has 1 heterocycles. The third-order valence-electron chi connectivity index (χ3n) is 3.71. The van der Waals surface area contributed by atoms with E-state index in [4.69, 9.17) is 19.8 Å². The number of ether oxygens (including phenoxy) is 2. The molecule has 1 amide bonds. The topological polar surface area (TPSA) is 80.0 Å². The van der Waals surface area contributed by atoms with Crippen LogP contribution in [-0.2, 0) is 18.8 Å². The van der Waals surface area contributed by atoms with E-state index in [1.165, 1.54) is 0 Å². The average Bonchev–Trinajstić information content (AvgIpc) is 2.55. The van der Waals surface area contributed by atoms with E-state index in [9.17, 15) is 4.79 Å². The molecule has 6 nitrogen and oxygen atoms in total. The lowest BCUT2D eigenvalue weighted by Crippen LogP contribution is -2.41. The minimum absolute atomic E-state index is 0.316. The quantitative estimate of drug-likeness (QED) is 0.548. The van der Waals surface area contributed by atoms with Crippen molar-refractivity contribution >= 4 is 13.2 Å². The molecule has 1 saturated heterocycles. The second-order valence-corrected chi connectivity index (χ2v) is 6.00. The zero-order valence-corrected chi connectivity index (χ0v) is 13.4. The monoisotopic (exact) mass is 299 g/mol. The van der Waals surface area contributed by atoms with Crippen molar-refractivity contribution in [3.8, 4) is 0 Å². The average molecular weight is 299 g/mol. The highest BCUT2D eigenvalue weighted by Crippen LogP contribution is 2.36. The smallest absolute Gasteiger partial charge is 0.450 e. The number of unbranched alkanes of at least 4 members (excludes halogenated alkanes) is 1. The molecular weight excluding hydrogens is 273 g/mol. The molecule has 2 N–H and O–H groups in total.